The van der Waals surface area contributed by atoms with Crippen LogP contribution in [0, 0.1) is 11.3 Å². The van der Waals surface area contributed by atoms with Crippen LogP contribution in [0.5, 0.6) is 0 Å². The molecule has 0 aromatic heterocycles. The second-order valence-electron chi connectivity index (χ2n) is 6.54. The number of hydrogen-bond donors (Lipinski definition) is 0. The van der Waals surface area contributed by atoms with E-state index in [1.54, 1.807) is 0 Å². The van der Waals surface area contributed by atoms with Crippen LogP contribution in [0.4, 0.5) is 23.7 Å². The third-order valence-corrected chi connectivity index (χ3v) is 5.21. The van der Waals surface area contributed by atoms with Gasteiger partial charge >= 0.3 is 12.2 Å². The maximum Gasteiger partial charge on any atom is 0.417 e. The number of carbonyl (C=O) groups excluding carboxylic acids is 2. The van der Waals surface area contributed by atoms with Gasteiger partial charge < -0.3 is 4.90 Å². The zero-order chi connectivity index (χ0) is 18.1. The molecule has 0 radical (unpaired) electrons. The van der Waals surface area contributed by atoms with E-state index in [4.69, 9.17) is 5.26 Å². The normalized spacial score (nSPS) is 28.7. The highest BCUT2D eigenvalue weighted by Crippen LogP contribution is 2.42. The van der Waals surface area contributed by atoms with Crippen LogP contribution >= 0.6 is 0 Å². The van der Waals surface area contributed by atoms with Gasteiger partial charge in [-0.05, 0) is 31.7 Å². The molecular weight excluding hydrogens is 337 g/mol. The number of fused-ring (bicyclic) bond motifs is 5. The highest BCUT2D eigenvalue weighted by atomic mass is 19.4. The molecule has 0 N–H and O–H groups in total. The van der Waals surface area contributed by atoms with E-state index in [1.165, 1.54) is 17.0 Å². The number of rotatable bonds is 1. The molecule has 0 saturated carbocycles. The van der Waals surface area contributed by atoms with Crippen molar-refractivity contribution in [3.63, 3.8) is 0 Å². The SMILES string of the molecule is CN1CC2CC1[C@@H]1C(=O)N(c3ccc(C#N)c(C(F)(F)F)c3)C(=O)N21. The van der Waals surface area contributed by atoms with Crippen LogP contribution < -0.4 is 4.90 Å². The second-order valence-corrected chi connectivity index (χ2v) is 6.54. The molecule has 6 nitrogen and oxygen atoms in total. The van der Waals surface area contributed by atoms with E-state index in [1.807, 2.05) is 11.9 Å². The second kappa shape index (κ2) is 4.95. The molecule has 0 spiro atoms. The number of nitrogens with zero attached hydrogens (tertiary/aromatic N) is 4. The number of amides is 3. The topological polar surface area (TPSA) is 67.6 Å². The molecular formula is C16H13F3N4O2. The summed E-state index contributed by atoms with van der Waals surface area (Å²) >= 11 is 0. The minimum atomic E-state index is -4.75. The third kappa shape index (κ3) is 2.07. The van der Waals surface area contributed by atoms with Gasteiger partial charge in [0.1, 0.15) is 6.04 Å². The number of piperazine rings is 1. The lowest BCUT2D eigenvalue weighted by molar-refractivity contribution is -0.137. The number of anilines is 1. The van der Waals surface area contributed by atoms with Crippen molar-refractivity contribution in [2.24, 2.45) is 0 Å². The van der Waals surface area contributed by atoms with E-state index in [2.05, 4.69) is 0 Å². The molecule has 3 amide bonds. The van der Waals surface area contributed by atoms with Crippen molar-refractivity contribution in [3.05, 3.63) is 29.3 Å². The van der Waals surface area contributed by atoms with E-state index in [0.29, 0.717) is 19.0 Å². The Morgan fingerprint density at radius 2 is 2.00 bits per heavy atom. The zero-order valence-corrected chi connectivity index (χ0v) is 13.1. The Labute approximate surface area is 141 Å². The van der Waals surface area contributed by atoms with Crippen molar-refractivity contribution in [3.8, 4) is 6.07 Å². The molecule has 0 aliphatic carbocycles. The van der Waals surface area contributed by atoms with Gasteiger partial charge in [0.15, 0.2) is 0 Å². The van der Waals surface area contributed by atoms with Gasteiger partial charge in [-0.2, -0.15) is 18.4 Å². The lowest BCUT2D eigenvalue weighted by Crippen LogP contribution is -2.51. The van der Waals surface area contributed by atoms with Crippen molar-refractivity contribution in [1.29, 1.82) is 5.26 Å². The predicted molar refractivity (Wildman–Crippen MR) is 79.5 cm³/mol. The number of nitriles is 1. The number of carbonyl (C=O) groups is 2. The van der Waals surface area contributed by atoms with Crippen molar-refractivity contribution in [1.82, 2.24) is 9.80 Å². The molecule has 2 unspecified atom stereocenters. The largest absolute Gasteiger partial charge is 0.417 e. The molecule has 1 aromatic carbocycles. The van der Waals surface area contributed by atoms with Crippen LogP contribution in [-0.2, 0) is 11.0 Å². The van der Waals surface area contributed by atoms with Gasteiger partial charge in [-0.1, -0.05) is 0 Å². The molecule has 1 aromatic rings. The summed E-state index contributed by atoms with van der Waals surface area (Å²) in [7, 11) is 1.87. The van der Waals surface area contributed by atoms with Crippen LogP contribution in [0.3, 0.4) is 0 Å². The van der Waals surface area contributed by atoms with Crippen molar-refractivity contribution in [2.75, 3.05) is 18.5 Å². The first-order valence-electron chi connectivity index (χ1n) is 7.72. The summed E-state index contributed by atoms with van der Waals surface area (Å²) in [6.45, 7) is 0.648. The number of hydrogen-bond acceptors (Lipinski definition) is 4. The molecule has 3 heterocycles. The number of benzene rings is 1. The van der Waals surface area contributed by atoms with E-state index in [0.717, 1.165) is 11.0 Å². The summed E-state index contributed by atoms with van der Waals surface area (Å²) < 4.78 is 39.5. The van der Waals surface area contributed by atoms with Gasteiger partial charge in [-0.25, -0.2) is 9.69 Å². The Morgan fingerprint density at radius 3 is 2.64 bits per heavy atom. The molecule has 3 aliphatic heterocycles. The molecule has 2 bridgehead atoms. The van der Waals surface area contributed by atoms with Crippen molar-refractivity contribution in [2.45, 2.75) is 30.7 Å². The number of alkyl halides is 3. The van der Waals surface area contributed by atoms with Gasteiger partial charge in [0.25, 0.3) is 5.91 Å². The average molecular weight is 350 g/mol. The van der Waals surface area contributed by atoms with E-state index in [-0.39, 0.29) is 17.8 Å². The standard InChI is InChI=1S/C16H13F3N4O2/c1-21-7-10-5-12(21)13-14(24)23(15(25)22(10)13)9-3-2-8(6-20)11(4-9)16(17,18)19/h2-4,10,12-13H,5,7H2,1H3/t10?,12?,13-/m1/s1. The Hall–Kier alpha value is -2.60. The van der Waals surface area contributed by atoms with Crippen LogP contribution in [-0.4, -0.2) is 53.5 Å². The molecule has 3 saturated heterocycles. The van der Waals surface area contributed by atoms with Gasteiger partial charge in [0.2, 0.25) is 0 Å². The first kappa shape index (κ1) is 15.9. The monoisotopic (exact) mass is 350 g/mol. The third-order valence-electron chi connectivity index (χ3n) is 5.21. The van der Waals surface area contributed by atoms with E-state index >= 15 is 0 Å². The fourth-order valence-corrected chi connectivity index (χ4v) is 4.13. The quantitative estimate of drug-likeness (QED) is 0.725. The number of halogens is 3. The highest BCUT2D eigenvalue weighted by molar-refractivity contribution is 6.22. The van der Waals surface area contributed by atoms with Crippen molar-refractivity contribution < 1.29 is 22.8 Å². The van der Waals surface area contributed by atoms with Crippen LogP contribution in [0.1, 0.15) is 17.5 Å². The van der Waals surface area contributed by atoms with Gasteiger partial charge in [0, 0.05) is 18.6 Å². The van der Waals surface area contributed by atoms with Crippen LogP contribution in [0.25, 0.3) is 0 Å². The lowest BCUT2D eigenvalue weighted by Gasteiger charge is -2.32. The Morgan fingerprint density at radius 1 is 1.28 bits per heavy atom. The number of imide groups is 1. The fraction of sp³-hybridized carbons (Fsp3) is 0.438. The van der Waals surface area contributed by atoms with E-state index < -0.39 is 35.3 Å². The summed E-state index contributed by atoms with van der Waals surface area (Å²) in [6, 6.07) is 2.94. The minimum absolute atomic E-state index is 0.0954. The molecule has 130 valence electrons. The number of likely N-dealkylation sites (N-methyl/N-ethyl adjacent to an activating group) is 1. The molecule has 3 aliphatic rings. The predicted octanol–water partition coefficient (Wildman–Crippen LogP) is 1.80. The number of likely N-dealkylation sites (tertiary alicyclic amines) is 1. The Balaban J connectivity index is 1.75. The Bertz CT molecular complexity index is 832. The van der Waals surface area contributed by atoms with Crippen LogP contribution in [0.15, 0.2) is 18.2 Å². The number of urea groups is 1. The van der Waals surface area contributed by atoms with Gasteiger partial charge in [0.05, 0.1) is 22.9 Å². The molecule has 25 heavy (non-hydrogen) atoms. The average Bonchev–Trinajstić information content (AvgIpc) is 3.17. The summed E-state index contributed by atoms with van der Waals surface area (Å²) in [5.41, 5.74) is -1.85. The molecule has 3 fully saturated rings. The summed E-state index contributed by atoms with van der Waals surface area (Å²) in [5, 5.41) is 8.87. The van der Waals surface area contributed by atoms with Crippen molar-refractivity contribution >= 4 is 17.6 Å². The zero-order valence-electron chi connectivity index (χ0n) is 13.1. The summed E-state index contributed by atoms with van der Waals surface area (Å²) in [5.74, 6) is -0.512. The smallest absolute Gasteiger partial charge is 0.306 e. The molecule has 9 heteroatoms. The molecule has 3 atom stereocenters. The minimum Gasteiger partial charge on any atom is -0.306 e. The first-order chi connectivity index (χ1) is 11.7. The highest BCUT2D eigenvalue weighted by Gasteiger charge is 2.61. The van der Waals surface area contributed by atoms with Gasteiger partial charge in [-0.15, -0.1) is 0 Å². The summed E-state index contributed by atoms with van der Waals surface area (Å²) in [4.78, 5) is 29.7. The summed E-state index contributed by atoms with van der Waals surface area (Å²) in [6.07, 6.45) is -4.05. The van der Waals surface area contributed by atoms with E-state index in [9.17, 15) is 22.8 Å². The lowest BCUT2D eigenvalue weighted by atomic mass is 10.1. The Kier molecular flexibility index (Phi) is 3.15. The maximum atomic E-state index is 13.2. The fourth-order valence-electron chi connectivity index (χ4n) is 4.13. The molecule has 4 rings (SSSR count). The van der Waals surface area contributed by atoms with Gasteiger partial charge in [-0.3, -0.25) is 9.69 Å². The first-order valence-corrected chi connectivity index (χ1v) is 7.72. The van der Waals surface area contributed by atoms with Crippen LogP contribution in [0.2, 0.25) is 0 Å². The maximum absolute atomic E-state index is 13.2.